The topological polar surface area (TPSA) is 67.3 Å². The van der Waals surface area contributed by atoms with E-state index in [1.54, 1.807) is 6.92 Å². The van der Waals surface area contributed by atoms with Crippen LogP contribution in [0.15, 0.2) is 0 Å². The van der Waals surface area contributed by atoms with Gasteiger partial charge in [-0.05, 0) is 26.2 Å². The normalized spacial score (nSPS) is 22.8. The molecule has 0 fully saturated rings. The summed E-state index contributed by atoms with van der Waals surface area (Å²) < 4.78 is 22.9. The molecule has 6 heteroatoms. The Kier molecular flexibility index (Phi) is 3.07. The molecule has 0 bridgehead atoms. The molecule has 1 aliphatic carbocycles. The van der Waals surface area contributed by atoms with Crippen molar-refractivity contribution in [3.8, 4) is 0 Å². The second-order valence-corrected chi connectivity index (χ2v) is 7.72. The van der Waals surface area contributed by atoms with Gasteiger partial charge in [0.05, 0.1) is 11.8 Å². The van der Waals surface area contributed by atoms with Crippen molar-refractivity contribution in [2.75, 3.05) is 6.26 Å². The number of rotatable bonds is 2. The van der Waals surface area contributed by atoms with Crippen LogP contribution in [0.5, 0.6) is 0 Å². The van der Waals surface area contributed by atoms with Crippen molar-refractivity contribution >= 4 is 21.2 Å². The van der Waals surface area contributed by atoms with Gasteiger partial charge in [-0.3, -0.25) is 0 Å². The van der Waals surface area contributed by atoms with Gasteiger partial charge in [-0.2, -0.15) is 0 Å². The average molecular weight is 261 g/mol. The first-order chi connectivity index (χ1) is 7.39. The molecule has 0 radical (unpaired) electrons. The van der Waals surface area contributed by atoms with E-state index in [-0.39, 0.29) is 0 Å². The Labute approximate surface area is 99.3 Å². The van der Waals surface area contributed by atoms with E-state index in [4.69, 9.17) is 0 Å². The van der Waals surface area contributed by atoms with Gasteiger partial charge in [0.2, 0.25) is 0 Å². The molecule has 16 heavy (non-hydrogen) atoms. The van der Waals surface area contributed by atoms with Crippen LogP contribution in [0.25, 0.3) is 0 Å². The SMILES string of the molecule is CC(c1nc2c(s1)CCCC2O)S(C)(=O)=O. The first-order valence-corrected chi connectivity index (χ1v) is 8.03. The minimum absolute atomic E-state index is 0.513. The predicted octanol–water partition coefficient (Wildman–Crippen LogP) is 1.62. The van der Waals surface area contributed by atoms with Gasteiger partial charge in [0.1, 0.15) is 10.3 Å². The van der Waals surface area contributed by atoms with Crippen molar-refractivity contribution in [3.63, 3.8) is 0 Å². The van der Waals surface area contributed by atoms with Crippen LogP contribution in [0.1, 0.15) is 46.7 Å². The number of aromatic nitrogens is 1. The van der Waals surface area contributed by atoms with E-state index >= 15 is 0 Å². The van der Waals surface area contributed by atoms with Gasteiger partial charge in [-0.15, -0.1) is 11.3 Å². The number of aliphatic hydroxyl groups excluding tert-OH is 1. The molecule has 4 nitrogen and oxygen atoms in total. The molecule has 2 atom stereocenters. The van der Waals surface area contributed by atoms with Crippen LogP contribution in [-0.4, -0.2) is 24.8 Å². The van der Waals surface area contributed by atoms with Crippen LogP contribution in [0.2, 0.25) is 0 Å². The molecule has 1 heterocycles. The van der Waals surface area contributed by atoms with Crippen molar-refractivity contribution in [2.24, 2.45) is 0 Å². The molecule has 0 saturated heterocycles. The van der Waals surface area contributed by atoms with E-state index in [2.05, 4.69) is 4.98 Å². The van der Waals surface area contributed by atoms with Crippen molar-refractivity contribution in [1.29, 1.82) is 0 Å². The molecule has 1 N–H and O–H groups in total. The zero-order chi connectivity index (χ0) is 11.9. The molecule has 0 amide bonds. The lowest BCUT2D eigenvalue weighted by molar-refractivity contribution is 0.153. The highest BCUT2D eigenvalue weighted by atomic mass is 32.2. The monoisotopic (exact) mass is 261 g/mol. The number of hydrogen-bond donors (Lipinski definition) is 1. The molecule has 1 aliphatic rings. The van der Waals surface area contributed by atoms with Crippen molar-refractivity contribution < 1.29 is 13.5 Å². The largest absolute Gasteiger partial charge is 0.387 e. The summed E-state index contributed by atoms with van der Waals surface area (Å²) in [6.45, 7) is 1.64. The first kappa shape index (κ1) is 12.0. The van der Waals surface area contributed by atoms with Gasteiger partial charge in [-0.1, -0.05) is 0 Å². The predicted molar refractivity (Wildman–Crippen MR) is 63.3 cm³/mol. The Balaban J connectivity index is 2.38. The molecule has 0 saturated carbocycles. The molecule has 2 rings (SSSR count). The third-order valence-corrected chi connectivity index (χ3v) is 5.90. The quantitative estimate of drug-likeness (QED) is 0.878. The Hall–Kier alpha value is -0.460. The van der Waals surface area contributed by atoms with E-state index in [0.29, 0.717) is 10.7 Å². The summed E-state index contributed by atoms with van der Waals surface area (Å²) in [6, 6.07) is 0. The van der Waals surface area contributed by atoms with E-state index in [0.717, 1.165) is 24.1 Å². The fourth-order valence-electron chi connectivity index (χ4n) is 1.77. The molecule has 1 aromatic heterocycles. The van der Waals surface area contributed by atoms with Gasteiger partial charge in [-0.25, -0.2) is 13.4 Å². The summed E-state index contributed by atoms with van der Waals surface area (Å²) >= 11 is 1.42. The van der Waals surface area contributed by atoms with E-state index in [1.165, 1.54) is 17.6 Å². The van der Waals surface area contributed by atoms with Crippen LogP contribution in [-0.2, 0) is 16.3 Å². The second-order valence-electron chi connectivity index (χ2n) is 4.24. The van der Waals surface area contributed by atoms with E-state index in [1.807, 2.05) is 0 Å². The van der Waals surface area contributed by atoms with E-state index < -0.39 is 21.2 Å². The third kappa shape index (κ3) is 2.14. The number of fused-ring (bicyclic) bond motifs is 1. The van der Waals surface area contributed by atoms with Crippen molar-refractivity contribution in [2.45, 2.75) is 37.5 Å². The first-order valence-electron chi connectivity index (χ1n) is 5.26. The molecule has 0 aromatic carbocycles. The maximum atomic E-state index is 11.4. The molecular weight excluding hydrogens is 246 g/mol. The molecule has 1 aromatic rings. The third-order valence-electron chi connectivity index (χ3n) is 2.93. The number of nitrogens with zero attached hydrogens (tertiary/aromatic N) is 1. The lowest BCUT2D eigenvalue weighted by atomic mass is 10.0. The van der Waals surface area contributed by atoms with Crippen LogP contribution in [0.4, 0.5) is 0 Å². The fourth-order valence-corrected chi connectivity index (χ4v) is 3.95. The van der Waals surface area contributed by atoms with Gasteiger partial charge >= 0.3 is 0 Å². The highest BCUT2D eigenvalue weighted by Crippen LogP contribution is 2.36. The standard InChI is InChI=1S/C10H15NO3S2/c1-6(16(2,13)14)10-11-9-7(12)4-3-5-8(9)15-10/h6-7,12H,3-5H2,1-2H3. The highest BCUT2D eigenvalue weighted by molar-refractivity contribution is 7.91. The molecule has 90 valence electrons. The summed E-state index contributed by atoms with van der Waals surface area (Å²) in [5.41, 5.74) is 0.696. The number of thiazole rings is 1. The lowest BCUT2D eigenvalue weighted by Crippen LogP contribution is -2.09. The zero-order valence-electron chi connectivity index (χ0n) is 9.30. The summed E-state index contributed by atoms with van der Waals surface area (Å²) in [4.78, 5) is 5.33. The van der Waals surface area contributed by atoms with Crippen LogP contribution < -0.4 is 0 Å². The number of sulfone groups is 1. The summed E-state index contributed by atoms with van der Waals surface area (Å²) in [6.07, 6.45) is 3.28. The summed E-state index contributed by atoms with van der Waals surface area (Å²) in [5, 5.41) is 9.79. The van der Waals surface area contributed by atoms with Crippen LogP contribution in [0, 0.1) is 0 Å². The average Bonchev–Trinajstić information content (AvgIpc) is 2.60. The van der Waals surface area contributed by atoms with Gasteiger partial charge in [0.25, 0.3) is 0 Å². The maximum Gasteiger partial charge on any atom is 0.156 e. The molecular formula is C10H15NO3S2. The van der Waals surface area contributed by atoms with Gasteiger partial charge < -0.3 is 5.11 Å². The molecule has 0 spiro atoms. The summed E-state index contributed by atoms with van der Waals surface area (Å²) in [5.74, 6) is 0. The minimum Gasteiger partial charge on any atom is -0.387 e. The Morgan fingerprint density at radius 2 is 2.25 bits per heavy atom. The van der Waals surface area contributed by atoms with Gasteiger partial charge in [0.15, 0.2) is 9.84 Å². The highest BCUT2D eigenvalue weighted by Gasteiger charge is 2.27. The molecule has 2 unspecified atom stereocenters. The minimum atomic E-state index is -3.11. The maximum absolute atomic E-state index is 11.4. The smallest absolute Gasteiger partial charge is 0.156 e. The zero-order valence-corrected chi connectivity index (χ0v) is 10.9. The van der Waals surface area contributed by atoms with E-state index in [9.17, 15) is 13.5 Å². The van der Waals surface area contributed by atoms with Crippen molar-refractivity contribution in [1.82, 2.24) is 4.98 Å². The lowest BCUT2D eigenvalue weighted by Gasteiger charge is -2.14. The number of aliphatic hydroxyl groups is 1. The van der Waals surface area contributed by atoms with Crippen molar-refractivity contribution in [3.05, 3.63) is 15.6 Å². The fraction of sp³-hybridized carbons (Fsp3) is 0.700. The second kappa shape index (κ2) is 4.09. The Bertz CT molecular complexity index is 492. The Morgan fingerprint density at radius 3 is 2.81 bits per heavy atom. The number of hydrogen-bond acceptors (Lipinski definition) is 5. The summed E-state index contributed by atoms with van der Waals surface area (Å²) in [7, 11) is -3.11. The number of aryl methyl sites for hydroxylation is 1. The molecule has 0 aliphatic heterocycles. The van der Waals surface area contributed by atoms with Crippen LogP contribution in [0.3, 0.4) is 0 Å². The van der Waals surface area contributed by atoms with Crippen LogP contribution >= 0.6 is 11.3 Å². The Morgan fingerprint density at radius 1 is 1.56 bits per heavy atom. The van der Waals surface area contributed by atoms with Gasteiger partial charge in [0, 0.05) is 11.1 Å².